The predicted octanol–water partition coefficient (Wildman–Crippen LogP) is 1.63. The van der Waals surface area contributed by atoms with Crippen molar-refractivity contribution in [1.82, 2.24) is 14.9 Å². The second-order valence-electron chi connectivity index (χ2n) is 5.79. The molecule has 0 radical (unpaired) electrons. The Balaban J connectivity index is 1.61. The Kier molecular flexibility index (Phi) is 4.71. The fourth-order valence-corrected chi connectivity index (χ4v) is 2.58. The molecule has 24 heavy (non-hydrogen) atoms. The van der Waals surface area contributed by atoms with Gasteiger partial charge in [0.15, 0.2) is 0 Å². The molecule has 1 aliphatic heterocycles. The van der Waals surface area contributed by atoms with Crippen molar-refractivity contribution in [3.05, 3.63) is 42.0 Å². The molecule has 6 nitrogen and oxygen atoms in total. The number of aliphatic hydroxyl groups excluding tert-OH is 1. The lowest BCUT2D eigenvalue weighted by atomic mass is 10.0. The molecule has 1 aliphatic rings. The van der Waals surface area contributed by atoms with Gasteiger partial charge in [0.25, 0.3) is 0 Å². The Morgan fingerprint density at radius 1 is 1.38 bits per heavy atom. The Hall–Kier alpha value is -2.54. The van der Waals surface area contributed by atoms with E-state index in [0.29, 0.717) is 30.8 Å². The van der Waals surface area contributed by atoms with E-state index in [0.717, 1.165) is 0 Å². The number of rotatable bonds is 5. The standard InChI is InChI=1S/C17H18FN3O3/c1-11(23)21-7-12(8-21)10-24-17-19-5-14(6-20-17)15-4-2-3-13(9-22)16(15)18/h2-6,12,22H,7-10H2,1H3. The summed E-state index contributed by atoms with van der Waals surface area (Å²) in [7, 11) is 0. The van der Waals surface area contributed by atoms with Crippen molar-refractivity contribution in [1.29, 1.82) is 0 Å². The number of nitrogens with zero attached hydrogens (tertiary/aromatic N) is 3. The van der Waals surface area contributed by atoms with E-state index in [1.165, 1.54) is 18.5 Å². The summed E-state index contributed by atoms with van der Waals surface area (Å²) in [5.41, 5.74) is 1.08. The van der Waals surface area contributed by atoms with Crippen molar-refractivity contribution in [3.8, 4) is 17.1 Å². The number of amides is 1. The molecule has 1 aromatic carbocycles. The highest BCUT2D eigenvalue weighted by molar-refractivity contribution is 5.74. The van der Waals surface area contributed by atoms with Gasteiger partial charge in [0.1, 0.15) is 5.82 Å². The molecule has 2 aromatic rings. The van der Waals surface area contributed by atoms with E-state index >= 15 is 0 Å². The Labute approximate surface area is 138 Å². The minimum atomic E-state index is -0.476. The molecule has 1 aromatic heterocycles. The van der Waals surface area contributed by atoms with E-state index < -0.39 is 5.82 Å². The van der Waals surface area contributed by atoms with Gasteiger partial charge in [-0.3, -0.25) is 4.79 Å². The number of carbonyl (C=O) groups excluding carboxylic acids is 1. The molecule has 1 saturated heterocycles. The highest BCUT2D eigenvalue weighted by atomic mass is 19.1. The van der Waals surface area contributed by atoms with Crippen molar-refractivity contribution in [3.63, 3.8) is 0 Å². The second-order valence-corrected chi connectivity index (χ2v) is 5.79. The summed E-state index contributed by atoms with van der Waals surface area (Å²) in [6.07, 6.45) is 2.98. The van der Waals surface area contributed by atoms with Crippen LogP contribution in [-0.4, -0.2) is 45.6 Å². The highest BCUT2D eigenvalue weighted by Gasteiger charge is 2.29. The van der Waals surface area contributed by atoms with Crippen molar-refractivity contribution >= 4 is 5.91 Å². The van der Waals surface area contributed by atoms with Crippen molar-refractivity contribution in [2.45, 2.75) is 13.5 Å². The number of hydrogen-bond donors (Lipinski definition) is 1. The Morgan fingerprint density at radius 3 is 2.71 bits per heavy atom. The van der Waals surface area contributed by atoms with Crippen molar-refractivity contribution < 1.29 is 19.0 Å². The van der Waals surface area contributed by atoms with Gasteiger partial charge in [-0.2, -0.15) is 0 Å². The zero-order valence-electron chi connectivity index (χ0n) is 13.3. The summed E-state index contributed by atoms with van der Waals surface area (Å²) in [6, 6.07) is 5.03. The van der Waals surface area contributed by atoms with Crippen LogP contribution >= 0.6 is 0 Å². The van der Waals surface area contributed by atoms with E-state index in [1.807, 2.05) is 0 Å². The first-order valence-corrected chi connectivity index (χ1v) is 7.67. The first-order chi connectivity index (χ1) is 11.6. The van der Waals surface area contributed by atoms with Crippen LogP contribution in [-0.2, 0) is 11.4 Å². The molecular weight excluding hydrogens is 313 g/mol. The maximum atomic E-state index is 14.2. The maximum absolute atomic E-state index is 14.2. The summed E-state index contributed by atoms with van der Waals surface area (Å²) in [4.78, 5) is 21.0. The smallest absolute Gasteiger partial charge is 0.316 e. The molecule has 1 N–H and O–H groups in total. The van der Waals surface area contributed by atoms with Gasteiger partial charge in [0, 0.05) is 55.0 Å². The van der Waals surface area contributed by atoms with Gasteiger partial charge in [-0.05, 0) is 0 Å². The first kappa shape index (κ1) is 16.3. The Bertz CT molecular complexity index is 730. The summed E-state index contributed by atoms with van der Waals surface area (Å²) in [5, 5.41) is 9.12. The third-order valence-electron chi connectivity index (χ3n) is 4.04. The van der Waals surface area contributed by atoms with Gasteiger partial charge in [-0.1, -0.05) is 18.2 Å². The highest BCUT2D eigenvalue weighted by Crippen LogP contribution is 2.25. The average molecular weight is 331 g/mol. The van der Waals surface area contributed by atoms with Crippen LogP contribution in [0.3, 0.4) is 0 Å². The molecule has 0 spiro atoms. The van der Waals surface area contributed by atoms with Crippen LogP contribution in [0.25, 0.3) is 11.1 Å². The molecule has 0 saturated carbocycles. The third kappa shape index (κ3) is 3.35. The molecular formula is C17H18FN3O3. The van der Waals surface area contributed by atoms with Crippen LogP contribution < -0.4 is 4.74 Å². The number of aromatic nitrogens is 2. The van der Waals surface area contributed by atoms with E-state index in [2.05, 4.69) is 9.97 Å². The van der Waals surface area contributed by atoms with E-state index in [4.69, 9.17) is 9.84 Å². The van der Waals surface area contributed by atoms with Crippen LogP contribution in [0.4, 0.5) is 4.39 Å². The largest absolute Gasteiger partial charge is 0.463 e. The molecule has 0 atom stereocenters. The SMILES string of the molecule is CC(=O)N1CC(COc2ncc(-c3cccc(CO)c3F)cn2)C1. The van der Waals surface area contributed by atoms with Gasteiger partial charge in [-0.25, -0.2) is 14.4 Å². The summed E-state index contributed by atoms with van der Waals surface area (Å²) in [5.74, 6) is -0.120. The zero-order valence-corrected chi connectivity index (χ0v) is 13.3. The molecule has 0 aliphatic carbocycles. The molecule has 1 amide bonds. The molecule has 0 bridgehead atoms. The van der Waals surface area contributed by atoms with Crippen LogP contribution in [0, 0.1) is 11.7 Å². The number of carbonyl (C=O) groups is 1. The van der Waals surface area contributed by atoms with Crippen LogP contribution in [0.15, 0.2) is 30.6 Å². The normalized spacial score (nSPS) is 14.4. The summed E-state index contributed by atoms with van der Waals surface area (Å²) >= 11 is 0. The average Bonchev–Trinajstić information content (AvgIpc) is 2.54. The van der Waals surface area contributed by atoms with Crippen molar-refractivity contribution in [2.24, 2.45) is 5.92 Å². The van der Waals surface area contributed by atoms with E-state index in [1.54, 1.807) is 24.0 Å². The lowest BCUT2D eigenvalue weighted by molar-refractivity contribution is -0.135. The molecule has 7 heteroatoms. The third-order valence-corrected chi connectivity index (χ3v) is 4.04. The summed E-state index contributed by atoms with van der Waals surface area (Å²) in [6.45, 7) is 3.00. The molecule has 0 unspecified atom stereocenters. The van der Waals surface area contributed by atoms with E-state index in [9.17, 15) is 9.18 Å². The summed E-state index contributed by atoms with van der Waals surface area (Å²) < 4.78 is 19.7. The predicted molar refractivity (Wildman–Crippen MR) is 84.6 cm³/mol. The van der Waals surface area contributed by atoms with Crippen LogP contribution in [0.5, 0.6) is 6.01 Å². The molecule has 1 fully saturated rings. The maximum Gasteiger partial charge on any atom is 0.316 e. The topological polar surface area (TPSA) is 75.6 Å². The van der Waals surface area contributed by atoms with E-state index in [-0.39, 0.29) is 30.0 Å². The van der Waals surface area contributed by atoms with Crippen LogP contribution in [0.1, 0.15) is 12.5 Å². The second kappa shape index (κ2) is 6.92. The number of aliphatic hydroxyl groups is 1. The number of benzene rings is 1. The number of hydrogen-bond acceptors (Lipinski definition) is 5. The molecule has 126 valence electrons. The Morgan fingerprint density at radius 2 is 2.08 bits per heavy atom. The number of halogens is 1. The lowest BCUT2D eigenvalue weighted by Gasteiger charge is -2.38. The molecule has 2 heterocycles. The minimum Gasteiger partial charge on any atom is -0.463 e. The lowest BCUT2D eigenvalue weighted by Crippen LogP contribution is -2.51. The first-order valence-electron chi connectivity index (χ1n) is 7.67. The zero-order chi connectivity index (χ0) is 17.1. The van der Waals surface area contributed by atoms with Gasteiger partial charge >= 0.3 is 6.01 Å². The van der Waals surface area contributed by atoms with Gasteiger partial charge < -0.3 is 14.7 Å². The molecule has 3 rings (SSSR count). The minimum absolute atomic E-state index is 0.0685. The number of ether oxygens (including phenoxy) is 1. The fourth-order valence-electron chi connectivity index (χ4n) is 2.58. The quantitative estimate of drug-likeness (QED) is 0.901. The number of likely N-dealkylation sites (tertiary alicyclic amines) is 1. The fraction of sp³-hybridized carbons (Fsp3) is 0.353. The monoisotopic (exact) mass is 331 g/mol. The van der Waals surface area contributed by atoms with Gasteiger partial charge in [0.2, 0.25) is 5.91 Å². The van der Waals surface area contributed by atoms with Crippen molar-refractivity contribution in [2.75, 3.05) is 19.7 Å². The van der Waals surface area contributed by atoms with Crippen LogP contribution in [0.2, 0.25) is 0 Å². The van der Waals surface area contributed by atoms with Gasteiger partial charge in [0.05, 0.1) is 13.2 Å². The van der Waals surface area contributed by atoms with Gasteiger partial charge in [-0.15, -0.1) is 0 Å².